The molecule has 0 radical (unpaired) electrons. The lowest BCUT2D eigenvalue weighted by molar-refractivity contribution is 0.847. The predicted molar refractivity (Wildman–Crippen MR) is 64.0 cm³/mol. The Balaban J connectivity index is 2.19. The molecular weight excluding hydrogens is 212 g/mol. The fraction of sp³-hybridized carbons (Fsp3) is 0.300. The van der Waals surface area contributed by atoms with Crippen LogP contribution in [0.4, 0.5) is 0 Å². The van der Waals surface area contributed by atoms with Crippen molar-refractivity contribution in [3.63, 3.8) is 0 Å². The van der Waals surface area contributed by atoms with Gasteiger partial charge < -0.3 is 5.73 Å². The summed E-state index contributed by atoms with van der Waals surface area (Å²) in [6.45, 7) is 2.01. The lowest BCUT2D eigenvalue weighted by atomic mass is 10.3. The molecule has 2 nitrogen and oxygen atoms in total. The molecule has 2 rings (SSSR count). The number of thioether (sulfide) groups is 1. The van der Waals surface area contributed by atoms with Gasteiger partial charge in [-0.3, -0.25) is 0 Å². The van der Waals surface area contributed by atoms with Crippen molar-refractivity contribution in [1.82, 2.24) is 4.98 Å². The van der Waals surface area contributed by atoms with E-state index in [1.54, 1.807) is 23.1 Å². The average molecular weight is 224 g/mol. The first kappa shape index (κ1) is 9.96. The first-order valence-electron chi connectivity index (χ1n) is 4.49. The fourth-order valence-corrected chi connectivity index (χ4v) is 3.09. The van der Waals surface area contributed by atoms with Crippen molar-refractivity contribution in [2.24, 2.45) is 5.73 Å². The second-order valence-corrected chi connectivity index (χ2v) is 5.53. The molecular formula is C10H12N2S2. The molecule has 2 N–H and O–H groups in total. The summed E-state index contributed by atoms with van der Waals surface area (Å²) in [5, 5.41) is 0. The molecule has 0 saturated heterocycles. The summed E-state index contributed by atoms with van der Waals surface area (Å²) in [6.07, 6.45) is 0. The Hall–Kier alpha value is -0.580. The molecule has 0 aliphatic heterocycles. The third-order valence-corrected chi connectivity index (χ3v) is 4.21. The molecule has 1 unspecified atom stereocenters. The molecule has 2 aromatic rings. The van der Waals surface area contributed by atoms with Gasteiger partial charge in [-0.25, -0.2) is 4.98 Å². The van der Waals surface area contributed by atoms with Crippen molar-refractivity contribution in [2.45, 2.75) is 17.3 Å². The maximum absolute atomic E-state index is 5.69. The largest absolute Gasteiger partial charge is 0.327 e. The van der Waals surface area contributed by atoms with E-state index in [1.807, 2.05) is 25.1 Å². The van der Waals surface area contributed by atoms with Gasteiger partial charge in [0.15, 0.2) is 4.34 Å². The van der Waals surface area contributed by atoms with E-state index in [0.717, 1.165) is 15.6 Å². The number of para-hydroxylation sites is 1. The van der Waals surface area contributed by atoms with Crippen LogP contribution in [-0.4, -0.2) is 16.8 Å². The van der Waals surface area contributed by atoms with Crippen LogP contribution >= 0.6 is 23.1 Å². The third kappa shape index (κ3) is 2.26. The number of benzene rings is 1. The molecule has 1 aromatic heterocycles. The summed E-state index contributed by atoms with van der Waals surface area (Å²) in [5.74, 6) is 0.930. The SMILES string of the molecule is CC(N)CSc1nc2ccccc2s1. The zero-order valence-corrected chi connectivity index (χ0v) is 9.57. The van der Waals surface area contributed by atoms with Crippen LogP contribution in [-0.2, 0) is 0 Å². The number of thiazole rings is 1. The van der Waals surface area contributed by atoms with E-state index in [4.69, 9.17) is 5.73 Å². The topological polar surface area (TPSA) is 38.9 Å². The van der Waals surface area contributed by atoms with Gasteiger partial charge in [-0.1, -0.05) is 23.9 Å². The first-order chi connectivity index (χ1) is 6.75. The molecule has 0 aliphatic carbocycles. The van der Waals surface area contributed by atoms with E-state index in [2.05, 4.69) is 11.1 Å². The van der Waals surface area contributed by atoms with E-state index < -0.39 is 0 Å². The number of aromatic nitrogens is 1. The number of hydrogen-bond acceptors (Lipinski definition) is 4. The minimum Gasteiger partial charge on any atom is -0.327 e. The normalized spacial score (nSPS) is 13.3. The average Bonchev–Trinajstić information content (AvgIpc) is 2.57. The lowest BCUT2D eigenvalue weighted by Gasteiger charge is -1.99. The molecule has 1 aromatic carbocycles. The molecule has 4 heteroatoms. The first-order valence-corrected chi connectivity index (χ1v) is 6.30. The second kappa shape index (κ2) is 4.29. The minimum atomic E-state index is 0.229. The Kier molecular flexibility index (Phi) is 3.05. The standard InChI is InChI=1S/C10H12N2S2/c1-7(11)6-13-10-12-8-4-2-3-5-9(8)14-10/h2-5,7H,6,11H2,1H3. The van der Waals surface area contributed by atoms with E-state index in [1.165, 1.54) is 4.70 Å². The molecule has 0 saturated carbocycles. The molecule has 0 aliphatic rings. The van der Waals surface area contributed by atoms with Crippen molar-refractivity contribution < 1.29 is 0 Å². The quantitative estimate of drug-likeness (QED) is 0.815. The molecule has 14 heavy (non-hydrogen) atoms. The molecule has 0 amide bonds. The van der Waals surface area contributed by atoms with Gasteiger partial charge in [-0.05, 0) is 19.1 Å². The van der Waals surface area contributed by atoms with Gasteiger partial charge >= 0.3 is 0 Å². The number of rotatable bonds is 3. The Morgan fingerprint density at radius 1 is 1.50 bits per heavy atom. The summed E-state index contributed by atoms with van der Waals surface area (Å²) in [5.41, 5.74) is 6.78. The van der Waals surface area contributed by atoms with Crippen LogP contribution in [0.15, 0.2) is 28.6 Å². The van der Waals surface area contributed by atoms with Gasteiger partial charge in [-0.15, -0.1) is 11.3 Å². The number of nitrogens with zero attached hydrogens (tertiary/aromatic N) is 1. The molecule has 0 spiro atoms. The molecule has 0 fully saturated rings. The molecule has 0 bridgehead atoms. The van der Waals surface area contributed by atoms with Gasteiger partial charge in [0.1, 0.15) is 0 Å². The molecule has 1 heterocycles. The predicted octanol–water partition coefficient (Wildman–Crippen LogP) is 2.74. The summed E-state index contributed by atoms with van der Waals surface area (Å²) in [7, 11) is 0. The minimum absolute atomic E-state index is 0.229. The Bertz CT molecular complexity index is 390. The second-order valence-electron chi connectivity index (χ2n) is 3.24. The maximum Gasteiger partial charge on any atom is 0.151 e. The van der Waals surface area contributed by atoms with Crippen LogP contribution in [0.3, 0.4) is 0 Å². The highest BCUT2D eigenvalue weighted by Gasteiger charge is 2.04. The summed E-state index contributed by atoms with van der Waals surface area (Å²) < 4.78 is 2.36. The highest BCUT2D eigenvalue weighted by molar-refractivity contribution is 8.01. The monoisotopic (exact) mass is 224 g/mol. The molecule has 74 valence electrons. The molecule has 1 atom stereocenters. The summed E-state index contributed by atoms with van der Waals surface area (Å²) in [6, 6.07) is 8.43. The van der Waals surface area contributed by atoms with Gasteiger partial charge in [0.05, 0.1) is 10.2 Å². The zero-order chi connectivity index (χ0) is 9.97. The van der Waals surface area contributed by atoms with Gasteiger partial charge in [0.25, 0.3) is 0 Å². The highest BCUT2D eigenvalue weighted by Crippen LogP contribution is 2.29. The highest BCUT2D eigenvalue weighted by atomic mass is 32.2. The van der Waals surface area contributed by atoms with E-state index in [0.29, 0.717) is 0 Å². The van der Waals surface area contributed by atoms with Crippen molar-refractivity contribution in [2.75, 3.05) is 5.75 Å². The van der Waals surface area contributed by atoms with Crippen molar-refractivity contribution >= 4 is 33.3 Å². The van der Waals surface area contributed by atoms with Crippen molar-refractivity contribution in [3.05, 3.63) is 24.3 Å². The summed E-state index contributed by atoms with van der Waals surface area (Å²) in [4.78, 5) is 4.51. The van der Waals surface area contributed by atoms with E-state index in [9.17, 15) is 0 Å². The zero-order valence-electron chi connectivity index (χ0n) is 7.93. The summed E-state index contributed by atoms with van der Waals surface area (Å²) >= 11 is 3.47. The van der Waals surface area contributed by atoms with Crippen molar-refractivity contribution in [3.8, 4) is 0 Å². The number of nitrogens with two attached hydrogens (primary N) is 1. The number of hydrogen-bond donors (Lipinski definition) is 1. The van der Waals surface area contributed by atoms with Crippen LogP contribution < -0.4 is 5.73 Å². The third-order valence-electron chi connectivity index (χ3n) is 1.74. The van der Waals surface area contributed by atoms with Gasteiger partial charge in [0.2, 0.25) is 0 Å². The fourth-order valence-electron chi connectivity index (χ4n) is 1.12. The smallest absolute Gasteiger partial charge is 0.151 e. The van der Waals surface area contributed by atoms with Gasteiger partial charge in [0, 0.05) is 11.8 Å². The Morgan fingerprint density at radius 3 is 3.00 bits per heavy atom. The van der Waals surface area contributed by atoms with Gasteiger partial charge in [-0.2, -0.15) is 0 Å². The van der Waals surface area contributed by atoms with E-state index >= 15 is 0 Å². The van der Waals surface area contributed by atoms with Crippen LogP contribution in [0.1, 0.15) is 6.92 Å². The van der Waals surface area contributed by atoms with Crippen LogP contribution in [0.5, 0.6) is 0 Å². The van der Waals surface area contributed by atoms with Crippen LogP contribution in [0, 0.1) is 0 Å². The number of fused-ring (bicyclic) bond motifs is 1. The van der Waals surface area contributed by atoms with Crippen LogP contribution in [0.2, 0.25) is 0 Å². The maximum atomic E-state index is 5.69. The van der Waals surface area contributed by atoms with Crippen LogP contribution in [0.25, 0.3) is 10.2 Å². The van der Waals surface area contributed by atoms with E-state index in [-0.39, 0.29) is 6.04 Å². The Morgan fingerprint density at radius 2 is 2.29 bits per heavy atom. The lowest BCUT2D eigenvalue weighted by Crippen LogP contribution is -2.17. The van der Waals surface area contributed by atoms with Crippen molar-refractivity contribution in [1.29, 1.82) is 0 Å². The Labute approximate surface area is 91.5 Å².